The third kappa shape index (κ3) is 2.84. The SMILES string of the molecule is CCN(c1ccc(C)c(C)c1)S(=O)(=O)c1ccc2c(c1)oc(=O)n2C. The quantitative estimate of drug-likeness (QED) is 0.717. The van der Waals surface area contributed by atoms with E-state index in [-0.39, 0.29) is 10.5 Å². The molecule has 0 radical (unpaired) electrons. The molecule has 3 aromatic rings. The van der Waals surface area contributed by atoms with Crippen LogP contribution >= 0.6 is 0 Å². The Morgan fingerprint density at radius 3 is 2.44 bits per heavy atom. The first kappa shape index (κ1) is 17.3. The second kappa shape index (κ2) is 6.07. The molecular weight excluding hydrogens is 340 g/mol. The Balaban J connectivity index is 2.12. The molecule has 0 atom stereocenters. The number of anilines is 1. The van der Waals surface area contributed by atoms with Crippen LogP contribution in [0.2, 0.25) is 0 Å². The predicted molar refractivity (Wildman–Crippen MR) is 97.6 cm³/mol. The summed E-state index contributed by atoms with van der Waals surface area (Å²) >= 11 is 0. The van der Waals surface area contributed by atoms with E-state index >= 15 is 0 Å². The highest BCUT2D eigenvalue weighted by Crippen LogP contribution is 2.27. The van der Waals surface area contributed by atoms with Crippen LogP contribution in [0.1, 0.15) is 18.1 Å². The van der Waals surface area contributed by atoms with Gasteiger partial charge in [-0.15, -0.1) is 0 Å². The van der Waals surface area contributed by atoms with Crippen molar-refractivity contribution in [1.29, 1.82) is 0 Å². The summed E-state index contributed by atoms with van der Waals surface area (Å²) in [7, 11) is -2.19. The van der Waals surface area contributed by atoms with Crippen LogP contribution in [-0.4, -0.2) is 19.5 Å². The van der Waals surface area contributed by atoms with E-state index in [4.69, 9.17) is 4.42 Å². The summed E-state index contributed by atoms with van der Waals surface area (Å²) < 4.78 is 34.0. The van der Waals surface area contributed by atoms with Crippen LogP contribution in [0.5, 0.6) is 0 Å². The van der Waals surface area contributed by atoms with Gasteiger partial charge in [0.2, 0.25) is 0 Å². The molecule has 0 spiro atoms. The molecule has 0 unspecified atom stereocenters. The predicted octanol–water partition coefficient (Wildman–Crippen LogP) is 2.96. The molecule has 0 bridgehead atoms. The second-order valence-electron chi connectivity index (χ2n) is 5.99. The van der Waals surface area contributed by atoms with Crippen molar-refractivity contribution < 1.29 is 12.8 Å². The normalized spacial score (nSPS) is 11.8. The highest BCUT2D eigenvalue weighted by Gasteiger charge is 2.25. The molecule has 1 aromatic heterocycles. The number of aryl methyl sites for hydroxylation is 3. The number of rotatable bonds is 4. The van der Waals surface area contributed by atoms with Crippen molar-refractivity contribution in [3.8, 4) is 0 Å². The smallest absolute Gasteiger partial charge is 0.408 e. The average molecular weight is 360 g/mol. The molecule has 3 rings (SSSR count). The number of hydrogen-bond acceptors (Lipinski definition) is 4. The molecule has 0 aliphatic heterocycles. The molecule has 132 valence electrons. The third-order valence-corrected chi connectivity index (χ3v) is 6.32. The summed E-state index contributed by atoms with van der Waals surface area (Å²) in [4.78, 5) is 11.7. The van der Waals surface area contributed by atoms with Crippen molar-refractivity contribution in [2.75, 3.05) is 10.8 Å². The van der Waals surface area contributed by atoms with Gasteiger partial charge in [-0.3, -0.25) is 8.87 Å². The zero-order chi connectivity index (χ0) is 18.4. The lowest BCUT2D eigenvalue weighted by Crippen LogP contribution is -2.30. The maximum Gasteiger partial charge on any atom is 0.419 e. The fourth-order valence-corrected chi connectivity index (χ4v) is 4.26. The van der Waals surface area contributed by atoms with Crippen LogP contribution in [0.15, 0.2) is 50.5 Å². The summed E-state index contributed by atoms with van der Waals surface area (Å²) in [5.74, 6) is -0.522. The summed E-state index contributed by atoms with van der Waals surface area (Å²) in [5, 5.41) is 0. The van der Waals surface area contributed by atoms with Gasteiger partial charge in [0.05, 0.1) is 16.1 Å². The van der Waals surface area contributed by atoms with Gasteiger partial charge in [0.15, 0.2) is 5.58 Å². The van der Waals surface area contributed by atoms with Crippen molar-refractivity contribution >= 4 is 26.8 Å². The van der Waals surface area contributed by atoms with Crippen LogP contribution in [0.25, 0.3) is 11.1 Å². The van der Waals surface area contributed by atoms with Gasteiger partial charge in [0.25, 0.3) is 10.0 Å². The number of aromatic nitrogens is 1. The monoisotopic (exact) mass is 360 g/mol. The van der Waals surface area contributed by atoms with Crippen LogP contribution < -0.4 is 10.1 Å². The molecule has 1 heterocycles. The second-order valence-corrected chi connectivity index (χ2v) is 7.86. The Hall–Kier alpha value is -2.54. The zero-order valence-electron chi connectivity index (χ0n) is 14.6. The van der Waals surface area contributed by atoms with Crippen LogP contribution in [0.3, 0.4) is 0 Å². The zero-order valence-corrected chi connectivity index (χ0v) is 15.4. The number of sulfonamides is 1. The third-order valence-electron chi connectivity index (χ3n) is 4.42. The lowest BCUT2D eigenvalue weighted by Gasteiger charge is -2.23. The van der Waals surface area contributed by atoms with Crippen LogP contribution in [-0.2, 0) is 17.1 Å². The van der Waals surface area contributed by atoms with Crippen molar-refractivity contribution in [1.82, 2.24) is 4.57 Å². The molecule has 0 saturated carbocycles. The Morgan fingerprint density at radius 2 is 1.80 bits per heavy atom. The Morgan fingerprint density at radius 1 is 1.08 bits per heavy atom. The lowest BCUT2D eigenvalue weighted by atomic mass is 10.1. The molecular formula is C18H20N2O4S. The minimum Gasteiger partial charge on any atom is -0.408 e. The first-order chi connectivity index (χ1) is 11.8. The standard InChI is InChI=1S/C18H20N2O4S/c1-5-20(14-7-6-12(2)13(3)10-14)25(22,23)15-8-9-16-17(11-15)24-18(21)19(16)4/h6-11H,5H2,1-4H3. The molecule has 6 nitrogen and oxygen atoms in total. The maximum absolute atomic E-state index is 13.1. The van der Waals surface area contributed by atoms with Gasteiger partial charge in [0.1, 0.15) is 0 Å². The fraction of sp³-hybridized carbons (Fsp3) is 0.278. The molecule has 7 heteroatoms. The Labute approximate surface area is 146 Å². The Kier molecular flexibility index (Phi) is 4.20. The number of nitrogens with zero attached hydrogens (tertiary/aromatic N) is 2. The van der Waals surface area contributed by atoms with Crippen molar-refractivity contribution in [3.05, 3.63) is 58.1 Å². The van der Waals surface area contributed by atoms with E-state index in [2.05, 4.69) is 0 Å². The molecule has 0 saturated heterocycles. The van der Waals surface area contributed by atoms with E-state index in [9.17, 15) is 13.2 Å². The molecule has 25 heavy (non-hydrogen) atoms. The molecule has 0 N–H and O–H groups in total. The summed E-state index contributed by atoms with van der Waals surface area (Å²) in [6, 6.07) is 10.0. The van der Waals surface area contributed by atoms with E-state index in [1.165, 1.54) is 21.0 Å². The summed E-state index contributed by atoms with van der Waals surface area (Å²) in [5.41, 5.74) is 3.54. The summed E-state index contributed by atoms with van der Waals surface area (Å²) in [6.07, 6.45) is 0. The number of benzene rings is 2. The van der Waals surface area contributed by atoms with E-state index in [1.807, 2.05) is 26.0 Å². The first-order valence-corrected chi connectivity index (χ1v) is 9.39. The number of oxazole rings is 1. The average Bonchev–Trinajstić information content (AvgIpc) is 2.85. The van der Waals surface area contributed by atoms with Crippen LogP contribution in [0, 0.1) is 13.8 Å². The van der Waals surface area contributed by atoms with Gasteiger partial charge in [-0.05, 0) is 56.2 Å². The topological polar surface area (TPSA) is 72.5 Å². The van der Waals surface area contributed by atoms with Gasteiger partial charge in [-0.1, -0.05) is 6.07 Å². The lowest BCUT2D eigenvalue weighted by molar-refractivity contribution is 0.527. The molecule has 0 fully saturated rings. The van der Waals surface area contributed by atoms with Crippen molar-refractivity contribution in [2.45, 2.75) is 25.7 Å². The van der Waals surface area contributed by atoms with E-state index in [0.717, 1.165) is 11.1 Å². The molecule has 0 aliphatic rings. The molecule has 2 aromatic carbocycles. The van der Waals surface area contributed by atoms with Gasteiger partial charge in [-0.2, -0.15) is 0 Å². The van der Waals surface area contributed by atoms with Gasteiger partial charge in [0, 0.05) is 19.7 Å². The van der Waals surface area contributed by atoms with Gasteiger partial charge >= 0.3 is 5.76 Å². The first-order valence-electron chi connectivity index (χ1n) is 7.95. The largest absolute Gasteiger partial charge is 0.419 e. The van der Waals surface area contributed by atoms with E-state index in [1.54, 1.807) is 26.1 Å². The highest BCUT2D eigenvalue weighted by atomic mass is 32.2. The maximum atomic E-state index is 13.1. The minimum absolute atomic E-state index is 0.0921. The molecule has 0 amide bonds. The number of hydrogen-bond donors (Lipinski definition) is 0. The van der Waals surface area contributed by atoms with Gasteiger partial charge < -0.3 is 4.42 Å². The van der Waals surface area contributed by atoms with E-state index < -0.39 is 15.8 Å². The van der Waals surface area contributed by atoms with E-state index in [0.29, 0.717) is 17.7 Å². The van der Waals surface area contributed by atoms with Crippen LogP contribution in [0.4, 0.5) is 5.69 Å². The highest BCUT2D eigenvalue weighted by molar-refractivity contribution is 7.92. The van der Waals surface area contributed by atoms with Gasteiger partial charge in [-0.25, -0.2) is 13.2 Å². The minimum atomic E-state index is -3.77. The number of fused-ring (bicyclic) bond motifs is 1. The summed E-state index contributed by atoms with van der Waals surface area (Å²) in [6.45, 7) is 6.01. The Bertz CT molecular complexity index is 1110. The van der Waals surface area contributed by atoms with Crippen molar-refractivity contribution in [2.24, 2.45) is 7.05 Å². The van der Waals surface area contributed by atoms with Crippen molar-refractivity contribution in [3.63, 3.8) is 0 Å². The molecule has 0 aliphatic carbocycles. The fourth-order valence-electron chi connectivity index (χ4n) is 2.77.